The van der Waals surface area contributed by atoms with Crippen molar-refractivity contribution in [3.8, 4) is 0 Å². The van der Waals surface area contributed by atoms with Gasteiger partial charge in [0.25, 0.3) is 5.56 Å². The minimum Gasteiger partial charge on any atom is -0.354 e. The molecule has 1 aromatic carbocycles. The molecule has 8 heteroatoms. The summed E-state index contributed by atoms with van der Waals surface area (Å²) in [7, 11) is 0. The van der Waals surface area contributed by atoms with Crippen LogP contribution in [0.4, 0.5) is 0 Å². The number of amides is 2. The number of rotatable bonds is 7. The van der Waals surface area contributed by atoms with Crippen molar-refractivity contribution in [1.82, 2.24) is 20.2 Å². The van der Waals surface area contributed by atoms with Crippen LogP contribution in [0.25, 0.3) is 10.9 Å². The smallest absolute Gasteiger partial charge is 0.262 e. The molecular weight excluding hydrogens is 364 g/mol. The van der Waals surface area contributed by atoms with Gasteiger partial charge in [-0.05, 0) is 50.0 Å². The maximum Gasteiger partial charge on any atom is 0.262 e. The molecule has 3 rings (SSSR count). The molecule has 1 aliphatic heterocycles. The number of piperidine rings is 1. The molecule has 144 valence electrons. The van der Waals surface area contributed by atoms with E-state index >= 15 is 0 Å². The third kappa shape index (κ3) is 4.82. The van der Waals surface area contributed by atoms with Crippen LogP contribution in [0.5, 0.6) is 0 Å². The number of nitrogens with one attached hydrogen (secondary N) is 3. The van der Waals surface area contributed by atoms with Gasteiger partial charge in [-0.2, -0.15) is 0 Å². The Balaban J connectivity index is 1.46. The molecule has 2 heterocycles. The van der Waals surface area contributed by atoms with E-state index in [1.165, 1.54) is 0 Å². The molecule has 1 aliphatic rings. The second-order valence-electron chi connectivity index (χ2n) is 6.80. The highest BCUT2D eigenvalue weighted by atomic mass is 32.1. The van der Waals surface area contributed by atoms with Crippen molar-refractivity contribution >= 4 is 34.9 Å². The topological polar surface area (TPSA) is 96.0 Å². The van der Waals surface area contributed by atoms with Crippen LogP contribution in [0.15, 0.2) is 29.1 Å². The molecule has 0 radical (unpaired) electrons. The second kappa shape index (κ2) is 8.94. The van der Waals surface area contributed by atoms with Gasteiger partial charge in [0.1, 0.15) is 6.04 Å². The maximum absolute atomic E-state index is 12.5. The molecule has 0 bridgehead atoms. The van der Waals surface area contributed by atoms with Crippen molar-refractivity contribution in [3.05, 3.63) is 39.4 Å². The van der Waals surface area contributed by atoms with Crippen molar-refractivity contribution in [2.75, 3.05) is 6.54 Å². The van der Waals surface area contributed by atoms with Crippen LogP contribution in [0.2, 0.25) is 0 Å². The van der Waals surface area contributed by atoms with Crippen molar-refractivity contribution < 1.29 is 9.59 Å². The predicted molar refractivity (Wildman–Crippen MR) is 106 cm³/mol. The lowest BCUT2D eigenvalue weighted by Crippen LogP contribution is -2.50. The highest BCUT2D eigenvalue weighted by molar-refractivity contribution is 7.71. The monoisotopic (exact) mass is 388 g/mol. The summed E-state index contributed by atoms with van der Waals surface area (Å²) < 4.78 is 1.99. The zero-order valence-electron chi connectivity index (χ0n) is 15.1. The Hall–Kier alpha value is -2.48. The van der Waals surface area contributed by atoms with Crippen LogP contribution >= 0.6 is 12.2 Å². The zero-order chi connectivity index (χ0) is 19.2. The van der Waals surface area contributed by atoms with Gasteiger partial charge in [0, 0.05) is 19.5 Å². The summed E-state index contributed by atoms with van der Waals surface area (Å²) in [5, 5.41) is 6.17. The first-order valence-electron chi connectivity index (χ1n) is 9.35. The van der Waals surface area contributed by atoms with Crippen LogP contribution in [-0.2, 0) is 16.1 Å². The quantitative estimate of drug-likeness (QED) is 0.499. The number of carbonyl (C=O) groups excluding carboxylic acids is 2. The van der Waals surface area contributed by atoms with Gasteiger partial charge in [-0.25, -0.2) is 0 Å². The first-order valence-corrected chi connectivity index (χ1v) is 9.76. The summed E-state index contributed by atoms with van der Waals surface area (Å²) in [6.07, 6.45) is 4.23. The molecule has 3 N–H and O–H groups in total. The first kappa shape index (κ1) is 19.3. The molecule has 2 aromatic rings. The van der Waals surface area contributed by atoms with Crippen LogP contribution in [0.3, 0.4) is 0 Å². The number of H-pyrrole nitrogens is 1. The van der Waals surface area contributed by atoms with Gasteiger partial charge in [-0.1, -0.05) is 18.6 Å². The van der Waals surface area contributed by atoms with E-state index in [4.69, 9.17) is 12.2 Å². The second-order valence-corrected chi connectivity index (χ2v) is 7.18. The van der Waals surface area contributed by atoms with Crippen LogP contribution in [0.1, 0.15) is 38.5 Å². The fourth-order valence-electron chi connectivity index (χ4n) is 3.31. The molecule has 1 atom stereocenters. The third-order valence-corrected chi connectivity index (χ3v) is 5.12. The number of fused-ring (bicyclic) bond motifs is 1. The Labute approximate surface area is 162 Å². The van der Waals surface area contributed by atoms with Gasteiger partial charge >= 0.3 is 0 Å². The number of para-hydroxylation sites is 1. The fraction of sp³-hybridized carbons (Fsp3) is 0.474. The maximum atomic E-state index is 12.5. The van der Waals surface area contributed by atoms with Crippen molar-refractivity contribution in [2.24, 2.45) is 0 Å². The minimum atomic E-state index is -0.402. The Morgan fingerprint density at radius 2 is 2.04 bits per heavy atom. The van der Waals surface area contributed by atoms with Gasteiger partial charge in [0.15, 0.2) is 4.77 Å². The molecule has 0 saturated carbocycles. The average molecular weight is 388 g/mol. The summed E-state index contributed by atoms with van der Waals surface area (Å²) in [5.74, 6) is -0.197. The van der Waals surface area contributed by atoms with Crippen molar-refractivity contribution in [1.29, 1.82) is 0 Å². The Morgan fingerprint density at radius 1 is 1.22 bits per heavy atom. The summed E-state index contributed by atoms with van der Waals surface area (Å²) in [4.78, 5) is 39.3. The lowest BCUT2D eigenvalue weighted by atomic mass is 10.1. The molecule has 1 saturated heterocycles. The molecule has 7 nitrogen and oxygen atoms in total. The van der Waals surface area contributed by atoms with Crippen molar-refractivity contribution in [2.45, 2.75) is 51.1 Å². The number of benzene rings is 1. The number of hydrogen-bond acceptors (Lipinski definition) is 4. The van der Waals surface area contributed by atoms with Gasteiger partial charge in [-0.3, -0.25) is 19.0 Å². The van der Waals surface area contributed by atoms with Crippen molar-refractivity contribution in [3.63, 3.8) is 0 Å². The molecule has 2 amide bonds. The first-order chi connectivity index (χ1) is 13.1. The van der Waals surface area contributed by atoms with Gasteiger partial charge in [-0.15, -0.1) is 0 Å². The SMILES string of the molecule is O=C(CCCCCn1c(=S)[nH]c2ccccc2c1=O)NC1CCCNC1=O. The molecule has 0 spiro atoms. The number of carbonyl (C=O) groups is 2. The van der Waals surface area contributed by atoms with Gasteiger partial charge < -0.3 is 15.6 Å². The van der Waals surface area contributed by atoms with E-state index in [2.05, 4.69) is 15.6 Å². The largest absolute Gasteiger partial charge is 0.354 e. The Kier molecular flexibility index (Phi) is 6.39. The molecular formula is C19H24N4O3S. The summed E-state index contributed by atoms with van der Waals surface area (Å²) in [6.45, 7) is 1.20. The molecule has 27 heavy (non-hydrogen) atoms. The van der Waals surface area contributed by atoms with Crippen LogP contribution in [0, 0.1) is 4.77 Å². The minimum absolute atomic E-state index is 0.0876. The predicted octanol–water partition coefficient (Wildman–Crippen LogP) is 2.01. The van der Waals surface area contributed by atoms with E-state index < -0.39 is 6.04 Å². The normalized spacial score (nSPS) is 16.9. The van der Waals surface area contributed by atoms with E-state index in [9.17, 15) is 14.4 Å². The van der Waals surface area contributed by atoms with Gasteiger partial charge in [0.05, 0.1) is 10.9 Å². The molecule has 0 aliphatic carbocycles. The van der Waals surface area contributed by atoms with E-state index in [1.807, 2.05) is 18.2 Å². The standard InChI is InChI=1S/C19H24N4O3S/c24-16(21-15-9-6-11-20-17(15)25)10-2-1-5-12-23-18(26)13-7-3-4-8-14(13)22-19(23)27/h3-4,7-8,15H,1-2,5-6,9-12H2,(H,20,25)(H,21,24)(H,22,27). The average Bonchev–Trinajstić information content (AvgIpc) is 2.65. The van der Waals surface area contributed by atoms with E-state index in [1.54, 1.807) is 10.6 Å². The number of aromatic nitrogens is 2. The number of hydrogen-bond donors (Lipinski definition) is 3. The lowest BCUT2D eigenvalue weighted by molar-refractivity contribution is -0.130. The molecule has 1 aromatic heterocycles. The third-order valence-electron chi connectivity index (χ3n) is 4.80. The van der Waals surface area contributed by atoms with E-state index in [-0.39, 0.29) is 17.4 Å². The fourth-order valence-corrected chi connectivity index (χ4v) is 3.59. The number of unbranched alkanes of at least 4 members (excludes halogenated alkanes) is 2. The Bertz CT molecular complexity index is 950. The Morgan fingerprint density at radius 3 is 2.85 bits per heavy atom. The summed E-state index contributed by atoms with van der Waals surface area (Å²) in [5.41, 5.74) is 0.655. The summed E-state index contributed by atoms with van der Waals surface area (Å²) >= 11 is 5.29. The highest BCUT2D eigenvalue weighted by Gasteiger charge is 2.23. The van der Waals surface area contributed by atoms with Crippen LogP contribution < -0.4 is 16.2 Å². The lowest BCUT2D eigenvalue weighted by Gasteiger charge is -2.22. The molecule has 1 fully saturated rings. The van der Waals surface area contributed by atoms with E-state index in [0.29, 0.717) is 42.5 Å². The van der Waals surface area contributed by atoms with Gasteiger partial charge in [0.2, 0.25) is 11.8 Å². The highest BCUT2D eigenvalue weighted by Crippen LogP contribution is 2.08. The zero-order valence-corrected chi connectivity index (χ0v) is 15.9. The number of nitrogens with zero attached hydrogens (tertiary/aromatic N) is 1. The van der Waals surface area contributed by atoms with E-state index in [0.717, 1.165) is 24.8 Å². The number of aromatic amines is 1. The summed E-state index contributed by atoms with van der Waals surface area (Å²) in [6, 6.07) is 6.91. The van der Waals surface area contributed by atoms with Crippen LogP contribution in [-0.4, -0.2) is 34.0 Å². The molecule has 1 unspecified atom stereocenters.